The molecule has 29 heavy (non-hydrogen) atoms. The van der Waals surface area contributed by atoms with E-state index in [2.05, 4.69) is 15.5 Å². The maximum atomic E-state index is 12.3. The molecule has 8 nitrogen and oxygen atoms in total. The first kappa shape index (κ1) is 20.5. The maximum absolute atomic E-state index is 12.3. The zero-order valence-electron chi connectivity index (χ0n) is 16.5. The van der Waals surface area contributed by atoms with Crippen LogP contribution in [0.2, 0.25) is 0 Å². The van der Waals surface area contributed by atoms with Crippen molar-refractivity contribution >= 4 is 23.4 Å². The van der Waals surface area contributed by atoms with Crippen molar-refractivity contribution in [2.75, 3.05) is 32.4 Å². The second-order valence-electron chi connectivity index (χ2n) is 5.99. The first-order chi connectivity index (χ1) is 14.0. The number of hydrogen-bond acceptors (Lipinski definition) is 8. The summed E-state index contributed by atoms with van der Waals surface area (Å²) in [5, 5.41) is 11.1. The zero-order valence-corrected chi connectivity index (χ0v) is 17.3. The summed E-state index contributed by atoms with van der Waals surface area (Å²) in [4.78, 5) is 12.3. The maximum Gasteiger partial charge on any atom is 0.277 e. The fourth-order valence-electron chi connectivity index (χ4n) is 2.64. The number of nitrogens with one attached hydrogen (secondary N) is 1. The number of methoxy groups -OCH3 is 3. The number of thioether (sulfide) groups is 1. The van der Waals surface area contributed by atoms with Crippen molar-refractivity contribution in [2.45, 2.75) is 12.1 Å². The number of benzene rings is 2. The van der Waals surface area contributed by atoms with Crippen LogP contribution in [0.5, 0.6) is 17.2 Å². The summed E-state index contributed by atoms with van der Waals surface area (Å²) in [7, 11) is 4.55. The molecule has 0 unspecified atom stereocenters. The van der Waals surface area contributed by atoms with Gasteiger partial charge in [0.05, 0.1) is 27.1 Å². The first-order valence-corrected chi connectivity index (χ1v) is 9.65. The molecule has 0 saturated carbocycles. The monoisotopic (exact) mass is 415 g/mol. The molecule has 0 saturated heterocycles. The van der Waals surface area contributed by atoms with Crippen molar-refractivity contribution in [3.8, 4) is 28.7 Å². The largest absolute Gasteiger partial charge is 0.493 e. The molecular formula is C20H21N3O5S. The van der Waals surface area contributed by atoms with Crippen molar-refractivity contribution in [1.29, 1.82) is 0 Å². The van der Waals surface area contributed by atoms with Gasteiger partial charge in [-0.1, -0.05) is 29.5 Å². The number of carbonyl (C=O) groups is 1. The van der Waals surface area contributed by atoms with Crippen LogP contribution < -0.4 is 19.5 Å². The van der Waals surface area contributed by atoms with Crippen molar-refractivity contribution < 1.29 is 23.4 Å². The number of anilines is 1. The SMILES string of the molecule is COc1cc(NC(=O)CSc2nnc(-c3cccc(C)c3)o2)cc(OC)c1OC. The van der Waals surface area contributed by atoms with Crippen LogP contribution in [0.15, 0.2) is 46.0 Å². The summed E-state index contributed by atoms with van der Waals surface area (Å²) >= 11 is 1.16. The van der Waals surface area contributed by atoms with Crippen LogP contribution in [0.25, 0.3) is 11.5 Å². The molecule has 1 aromatic heterocycles. The van der Waals surface area contributed by atoms with Crippen LogP contribution in [0.3, 0.4) is 0 Å². The molecule has 0 aliphatic heterocycles. The van der Waals surface area contributed by atoms with Gasteiger partial charge in [-0.3, -0.25) is 4.79 Å². The zero-order chi connectivity index (χ0) is 20.8. The molecule has 0 aliphatic rings. The van der Waals surface area contributed by atoms with Gasteiger partial charge in [0.25, 0.3) is 5.22 Å². The van der Waals surface area contributed by atoms with E-state index >= 15 is 0 Å². The number of aryl methyl sites for hydroxylation is 1. The lowest BCUT2D eigenvalue weighted by Crippen LogP contribution is -2.14. The second-order valence-corrected chi connectivity index (χ2v) is 6.92. The van der Waals surface area contributed by atoms with Gasteiger partial charge in [0.1, 0.15) is 0 Å². The van der Waals surface area contributed by atoms with E-state index in [1.165, 1.54) is 21.3 Å². The molecule has 0 fully saturated rings. The Morgan fingerprint density at radius 2 is 1.79 bits per heavy atom. The van der Waals surface area contributed by atoms with Crippen molar-refractivity contribution in [3.05, 3.63) is 42.0 Å². The Balaban J connectivity index is 1.63. The summed E-state index contributed by atoms with van der Waals surface area (Å²) in [5.41, 5.74) is 2.46. The lowest BCUT2D eigenvalue weighted by molar-refractivity contribution is -0.113. The highest BCUT2D eigenvalue weighted by Gasteiger charge is 2.16. The van der Waals surface area contributed by atoms with E-state index in [0.29, 0.717) is 34.0 Å². The molecule has 3 aromatic rings. The quantitative estimate of drug-likeness (QED) is 0.555. The van der Waals surface area contributed by atoms with Crippen LogP contribution in [0.4, 0.5) is 5.69 Å². The third-order valence-corrected chi connectivity index (χ3v) is 4.77. The normalized spacial score (nSPS) is 10.5. The molecule has 0 aliphatic carbocycles. The summed E-state index contributed by atoms with van der Waals surface area (Å²) in [6, 6.07) is 11.1. The minimum absolute atomic E-state index is 0.103. The van der Waals surface area contributed by atoms with Gasteiger partial charge in [-0.15, -0.1) is 10.2 Å². The summed E-state index contributed by atoms with van der Waals surface area (Å²) in [5.74, 6) is 1.65. The van der Waals surface area contributed by atoms with Crippen LogP contribution >= 0.6 is 11.8 Å². The first-order valence-electron chi connectivity index (χ1n) is 8.67. The standard InChI is InChI=1S/C20H21N3O5S/c1-12-6-5-7-13(8-12)19-22-23-20(28-19)29-11-17(24)21-14-9-15(25-2)18(27-4)16(10-14)26-3/h5-10H,11H2,1-4H3,(H,21,24). The van der Waals surface area contributed by atoms with Gasteiger partial charge in [-0.05, 0) is 19.1 Å². The van der Waals surface area contributed by atoms with E-state index in [1.54, 1.807) is 12.1 Å². The highest BCUT2D eigenvalue weighted by molar-refractivity contribution is 7.99. The molecule has 2 aromatic carbocycles. The fraction of sp³-hybridized carbons (Fsp3) is 0.250. The van der Waals surface area contributed by atoms with Gasteiger partial charge in [0.15, 0.2) is 11.5 Å². The predicted octanol–water partition coefficient (Wildman–Crippen LogP) is 3.80. The molecule has 0 radical (unpaired) electrons. The number of nitrogens with zero attached hydrogens (tertiary/aromatic N) is 2. The lowest BCUT2D eigenvalue weighted by atomic mass is 10.1. The van der Waals surface area contributed by atoms with Gasteiger partial charge >= 0.3 is 0 Å². The predicted molar refractivity (Wildman–Crippen MR) is 110 cm³/mol. The Morgan fingerprint density at radius 3 is 2.41 bits per heavy atom. The molecule has 1 N–H and O–H groups in total. The Kier molecular flexibility index (Phi) is 6.61. The van der Waals surface area contributed by atoms with Gasteiger partial charge in [0.2, 0.25) is 17.5 Å². The molecule has 0 bridgehead atoms. The second kappa shape index (κ2) is 9.33. The molecule has 3 rings (SSSR count). The van der Waals surface area contributed by atoms with E-state index in [1.807, 2.05) is 31.2 Å². The van der Waals surface area contributed by atoms with Crippen LogP contribution in [-0.2, 0) is 4.79 Å². The summed E-state index contributed by atoms with van der Waals surface area (Å²) in [6.07, 6.45) is 0. The molecule has 0 spiro atoms. The Labute approximate surface area is 172 Å². The number of amides is 1. The van der Waals surface area contributed by atoms with Gasteiger partial charge in [-0.2, -0.15) is 0 Å². The van der Waals surface area contributed by atoms with Gasteiger partial charge in [-0.25, -0.2) is 0 Å². The average molecular weight is 415 g/mol. The Morgan fingerprint density at radius 1 is 1.07 bits per heavy atom. The Hall–Kier alpha value is -3.20. The van der Waals surface area contributed by atoms with E-state index in [-0.39, 0.29) is 11.7 Å². The topological polar surface area (TPSA) is 95.7 Å². The van der Waals surface area contributed by atoms with Crippen molar-refractivity contribution in [1.82, 2.24) is 10.2 Å². The van der Waals surface area contributed by atoms with E-state index < -0.39 is 0 Å². The molecule has 9 heteroatoms. The van der Waals surface area contributed by atoms with E-state index in [9.17, 15) is 4.79 Å². The number of hydrogen-bond donors (Lipinski definition) is 1. The summed E-state index contributed by atoms with van der Waals surface area (Å²) in [6.45, 7) is 1.99. The highest BCUT2D eigenvalue weighted by atomic mass is 32.2. The average Bonchev–Trinajstić information content (AvgIpc) is 3.20. The summed E-state index contributed by atoms with van der Waals surface area (Å²) < 4.78 is 21.5. The van der Waals surface area contributed by atoms with Crippen molar-refractivity contribution in [3.63, 3.8) is 0 Å². The molecule has 0 atom stereocenters. The smallest absolute Gasteiger partial charge is 0.277 e. The molecule has 1 heterocycles. The number of aromatic nitrogens is 2. The van der Waals surface area contributed by atoms with Crippen LogP contribution in [0, 0.1) is 6.92 Å². The molecular weight excluding hydrogens is 394 g/mol. The number of carbonyl (C=O) groups excluding carboxylic acids is 1. The third kappa shape index (κ3) is 5.00. The number of ether oxygens (including phenoxy) is 3. The number of rotatable bonds is 8. The Bertz CT molecular complexity index is 980. The minimum atomic E-state index is -0.237. The van der Waals surface area contributed by atoms with Gasteiger partial charge < -0.3 is 23.9 Å². The van der Waals surface area contributed by atoms with Crippen molar-refractivity contribution in [2.24, 2.45) is 0 Å². The lowest BCUT2D eigenvalue weighted by Gasteiger charge is -2.14. The molecule has 152 valence electrons. The highest BCUT2D eigenvalue weighted by Crippen LogP contribution is 2.40. The van der Waals surface area contributed by atoms with Crippen LogP contribution in [0.1, 0.15) is 5.56 Å². The fourth-order valence-corrected chi connectivity index (χ4v) is 3.20. The third-order valence-electron chi connectivity index (χ3n) is 3.95. The molecule has 1 amide bonds. The van der Waals surface area contributed by atoms with Crippen LogP contribution in [-0.4, -0.2) is 43.2 Å². The van der Waals surface area contributed by atoms with Gasteiger partial charge in [0, 0.05) is 23.4 Å². The minimum Gasteiger partial charge on any atom is -0.493 e. The van der Waals surface area contributed by atoms with E-state index in [4.69, 9.17) is 18.6 Å². The van der Waals surface area contributed by atoms with E-state index in [0.717, 1.165) is 22.9 Å².